The smallest absolute Gasteiger partial charge is 0.251 e. The topological polar surface area (TPSA) is 61.9 Å². The predicted molar refractivity (Wildman–Crippen MR) is 46.1 cm³/mol. The molecule has 78 valence electrons. The van der Waals surface area contributed by atoms with Crippen molar-refractivity contribution in [1.29, 1.82) is 0 Å². The van der Waals surface area contributed by atoms with E-state index in [1.165, 1.54) is 11.9 Å². The van der Waals surface area contributed by atoms with E-state index in [1.54, 1.807) is 6.92 Å². The van der Waals surface area contributed by atoms with Gasteiger partial charge in [-0.15, -0.1) is 0 Å². The highest BCUT2D eigenvalue weighted by molar-refractivity contribution is 5.85. The second-order valence-corrected chi connectivity index (χ2v) is 2.78. The molecular formula is C7H15F2N3O. The minimum Gasteiger partial charge on any atom is -0.409 e. The van der Waals surface area contributed by atoms with Gasteiger partial charge in [-0.05, 0) is 13.5 Å². The molecule has 4 nitrogen and oxygen atoms in total. The van der Waals surface area contributed by atoms with E-state index in [2.05, 4.69) is 5.16 Å². The van der Waals surface area contributed by atoms with Crippen LogP contribution < -0.4 is 5.73 Å². The maximum atomic E-state index is 12.0. The van der Waals surface area contributed by atoms with Gasteiger partial charge in [0.1, 0.15) is 0 Å². The molecule has 0 aliphatic carbocycles. The molecular weight excluding hydrogens is 180 g/mol. The molecule has 0 aromatic heterocycles. The number of rotatable bonds is 5. The van der Waals surface area contributed by atoms with Gasteiger partial charge in [0.15, 0.2) is 5.84 Å². The highest BCUT2D eigenvalue weighted by Gasteiger charge is 2.20. The first-order valence-electron chi connectivity index (χ1n) is 3.98. The van der Waals surface area contributed by atoms with E-state index in [4.69, 9.17) is 10.9 Å². The van der Waals surface area contributed by atoms with E-state index in [1.807, 2.05) is 0 Å². The molecule has 0 aromatic carbocycles. The zero-order valence-electron chi connectivity index (χ0n) is 7.74. The van der Waals surface area contributed by atoms with Crippen LogP contribution in [0.2, 0.25) is 0 Å². The van der Waals surface area contributed by atoms with E-state index in [0.29, 0.717) is 6.42 Å². The van der Waals surface area contributed by atoms with E-state index >= 15 is 0 Å². The van der Waals surface area contributed by atoms with Crippen molar-refractivity contribution >= 4 is 5.84 Å². The molecule has 0 heterocycles. The van der Waals surface area contributed by atoms with Crippen LogP contribution >= 0.6 is 0 Å². The van der Waals surface area contributed by atoms with E-state index < -0.39 is 12.5 Å². The summed E-state index contributed by atoms with van der Waals surface area (Å²) in [5.41, 5.74) is 5.32. The van der Waals surface area contributed by atoms with Crippen LogP contribution in [0.4, 0.5) is 8.78 Å². The van der Waals surface area contributed by atoms with Crippen molar-refractivity contribution in [2.45, 2.75) is 25.8 Å². The van der Waals surface area contributed by atoms with Gasteiger partial charge < -0.3 is 10.9 Å². The van der Waals surface area contributed by atoms with Crippen molar-refractivity contribution in [2.24, 2.45) is 10.9 Å². The van der Waals surface area contributed by atoms with Gasteiger partial charge in [0.05, 0.1) is 12.6 Å². The number of halogens is 2. The monoisotopic (exact) mass is 195 g/mol. The zero-order chi connectivity index (χ0) is 10.4. The van der Waals surface area contributed by atoms with Gasteiger partial charge in [0.2, 0.25) is 0 Å². The van der Waals surface area contributed by atoms with Crippen molar-refractivity contribution in [2.75, 3.05) is 13.6 Å². The van der Waals surface area contributed by atoms with Crippen LogP contribution in [0.5, 0.6) is 0 Å². The quantitative estimate of drug-likeness (QED) is 0.294. The number of oxime groups is 1. The first-order chi connectivity index (χ1) is 6.02. The molecule has 0 bridgehead atoms. The van der Waals surface area contributed by atoms with Gasteiger partial charge in [0.25, 0.3) is 6.43 Å². The molecule has 1 atom stereocenters. The molecule has 0 spiro atoms. The van der Waals surface area contributed by atoms with Crippen LogP contribution in [-0.2, 0) is 0 Å². The molecule has 0 fully saturated rings. The first-order valence-corrected chi connectivity index (χ1v) is 3.98. The third-order valence-electron chi connectivity index (χ3n) is 1.80. The Labute approximate surface area is 76.0 Å². The number of nitrogens with two attached hydrogens (primary N) is 1. The lowest BCUT2D eigenvalue weighted by Crippen LogP contribution is -2.44. The molecule has 13 heavy (non-hydrogen) atoms. The van der Waals surface area contributed by atoms with Gasteiger partial charge in [0, 0.05) is 0 Å². The summed E-state index contributed by atoms with van der Waals surface area (Å²) in [7, 11) is 1.51. The largest absolute Gasteiger partial charge is 0.409 e. The summed E-state index contributed by atoms with van der Waals surface area (Å²) in [6.45, 7) is 1.40. The van der Waals surface area contributed by atoms with Gasteiger partial charge in [-0.2, -0.15) is 0 Å². The van der Waals surface area contributed by atoms with Gasteiger partial charge in [-0.25, -0.2) is 8.78 Å². The summed E-state index contributed by atoms with van der Waals surface area (Å²) in [5, 5.41) is 11.2. The molecule has 1 unspecified atom stereocenters. The highest BCUT2D eigenvalue weighted by atomic mass is 19.3. The van der Waals surface area contributed by atoms with E-state index in [0.717, 1.165) is 0 Å². The normalized spacial score (nSPS) is 15.4. The predicted octanol–water partition coefficient (Wildman–Crippen LogP) is 0.708. The van der Waals surface area contributed by atoms with Gasteiger partial charge in [-0.1, -0.05) is 12.1 Å². The van der Waals surface area contributed by atoms with E-state index in [9.17, 15) is 8.78 Å². The van der Waals surface area contributed by atoms with Crippen molar-refractivity contribution in [1.82, 2.24) is 4.90 Å². The summed E-state index contributed by atoms with van der Waals surface area (Å²) in [6.07, 6.45) is -1.88. The maximum Gasteiger partial charge on any atom is 0.251 e. The van der Waals surface area contributed by atoms with Crippen molar-refractivity contribution in [3.63, 3.8) is 0 Å². The van der Waals surface area contributed by atoms with Crippen LogP contribution in [-0.4, -0.2) is 42.0 Å². The first kappa shape index (κ1) is 12.1. The lowest BCUT2D eigenvalue weighted by molar-refractivity contribution is 0.0911. The standard InChI is InChI=1S/C7H15F2N3O/c1-3-5(7(10)11-13)12(2)4-6(8)9/h5-6,13H,3-4H2,1-2H3,(H2,10,11). The Balaban J connectivity index is 4.23. The minimum absolute atomic E-state index is 0.0364. The van der Waals surface area contributed by atoms with Crippen LogP contribution in [0.3, 0.4) is 0 Å². The Kier molecular flexibility index (Phi) is 5.29. The SMILES string of the molecule is CCC(C(N)=NO)N(C)CC(F)F. The van der Waals surface area contributed by atoms with Crippen LogP contribution in [0.25, 0.3) is 0 Å². The number of amidine groups is 1. The maximum absolute atomic E-state index is 12.0. The lowest BCUT2D eigenvalue weighted by Gasteiger charge is -2.25. The molecule has 0 rings (SSSR count). The third-order valence-corrected chi connectivity index (χ3v) is 1.80. The average Bonchev–Trinajstić information content (AvgIpc) is 2.03. The Hall–Kier alpha value is -0.910. The molecule has 3 N–H and O–H groups in total. The Morgan fingerprint density at radius 2 is 2.15 bits per heavy atom. The number of likely N-dealkylation sites (N-methyl/N-ethyl adjacent to an activating group) is 1. The number of hydrogen-bond acceptors (Lipinski definition) is 3. The van der Waals surface area contributed by atoms with Crippen LogP contribution in [0, 0.1) is 0 Å². The molecule has 0 aliphatic heterocycles. The van der Waals surface area contributed by atoms with Crippen LogP contribution in [0.1, 0.15) is 13.3 Å². The van der Waals surface area contributed by atoms with Crippen molar-refractivity contribution in [3.05, 3.63) is 0 Å². The Morgan fingerprint density at radius 1 is 1.62 bits per heavy atom. The highest BCUT2D eigenvalue weighted by Crippen LogP contribution is 2.05. The van der Waals surface area contributed by atoms with Gasteiger partial charge in [-0.3, -0.25) is 4.90 Å². The molecule has 0 radical (unpaired) electrons. The summed E-state index contributed by atoms with van der Waals surface area (Å²) < 4.78 is 23.9. The Bertz CT molecular complexity index is 175. The average molecular weight is 195 g/mol. The van der Waals surface area contributed by atoms with Crippen molar-refractivity contribution in [3.8, 4) is 0 Å². The lowest BCUT2D eigenvalue weighted by atomic mass is 10.2. The number of hydrogen-bond donors (Lipinski definition) is 2. The summed E-state index contributed by atoms with van der Waals surface area (Å²) in [5.74, 6) is -0.0364. The fourth-order valence-electron chi connectivity index (χ4n) is 1.16. The minimum atomic E-state index is -2.41. The summed E-state index contributed by atoms with van der Waals surface area (Å²) >= 11 is 0. The third kappa shape index (κ3) is 4.02. The number of alkyl halides is 2. The van der Waals surface area contributed by atoms with Gasteiger partial charge >= 0.3 is 0 Å². The van der Waals surface area contributed by atoms with Crippen molar-refractivity contribution < 1.29 is 14.0 Å². The Morgan fingerprint density at radius 3 is 2.46 bits per heavy atom. The molecule has 0 saturated carbocycles. The second-order valence-electron chi connectivity index (χ2n) is 2.78. The van der Waals surface area contributed by atoms with E-state index in [-0.39, 0.29) is 12.4 Å². The molecule has 6 heteroatoms. The molecule has 0 saturated heterocycles. The fraction of sp³-hybridized carbons (Fsp3) is 0.857. The summed E-state index contributed by atoms with van der Waals surface area (Å²) in [6, 6.07) is -0.431. The summed E-state index contributed by atoms with van der Waals surface area (Å²) in [4.78, 5) is 1.36. The zero-order valence-corrected chi connectivity index (χ0v) is 7.74. The number of nitrogens with zero attached hydrogens (tertiary/aromatic N) is 2. The molecule has 0 aliphatic rings. The fourth-order valence-corrected chi connectivity index (χ4v) is 1.16. The molecule has 0 amide bonds. The molecule has 0 aromatic rings. The van der Waals surface area contributed by atoms with Crippen LogP contribution in [0.15, 0.2) is 5.16 Å². The second kappa shape index (κ2) is 5.69.